The molecule has 1 aromatic rings. The van der Waals surface area contributed by atoms with Gasteiger partial charge < -0.3 is 5.11 Å². The minimum absolute atomic E-state index is 0.149. The Kier molecular flexibility index (Phi) is 4.90. The second kappa shape index (κ2) is 6.30. The Morgan fingerprint density at radius 2 is 1.95 bits per heavy atom. The van der Waals surface area contributed by atoms with Gasteiger partial charge in [-0.05, 0) is 62.8 Å². The first-order chi connectivity index (χ1) is 9.40. The minimum atomic E-state index is -0.149. The third-order valence-electron chi connectivity index (χ3n) is 5.53. The van der Waals surface area contributed by atoms with Crippen LogP contribution in [0.3, 0.4) is 0 Å². The minimum Gasteiger partial charge on any atom is -0.393 e. The molecule has 0 aliphatic heterocycles. The Morgan fingerprint density at radius 3 is 2.50 bits per heavy atom. The maximum Gasteiger partial charge on any atom is 0.0628 e. The van der Waals surface area contributed by atoms with Crippen molar-refractivity contribution in [1.29, 1.82) is 0 Å². The van der Waals surface area contributed by atoms with Crippen LogP contribution in [0.1, 0.15) is 56.5 Å². The molecule has 0 aromatic carbocycles. The Labute approximate surface area is 123 Å². The van der Waals surface area contributed by atoms with E-state index in [0.717, 1.165) is 30.4 Å². The van der Waals surface area contributed by atoms with Gasteiger partial charge in [-0.25, -0.2) is 0 Å². The average molecular weight is 278 g/mol. The third-order valence-corrected chi connectivity index (χ3v) is 5.53. The molecule has 4 unspecified atom stereocenters. The Bertz CT molecular complexity index is 452. The molecule has 1 aliphatic rings. The number of rotatable bonds is 4. The standard InChI is InChI=1S/C17H30N2O/c1-11-6-7-15(10-12(11)2)17(20)9-8-16-13(3)18-19(5)14(16)4/h11-12,15,17,20H,6-10H2,1-5H3. The van der Waals surface area contributed by atoms with Crippen LogP contribution in [0.5, 0.6) is 0 Å². The molecule has 1 heterocycles. The fourth-order valence-corrected chi connectivity index (χ4v) is 3.65. The smallest absolute Gasteiger partial charge is 0.0628 e. The van der Waals surface area contributed by atoms with Crippen LogP contribution in [-0.2, 0) is 13.5 Å². The van der Waals surface area contributed by atoms with Gasteiger partial charge in [0.2, 0.25) is 0 Å². The normalized spacial score (nSPS) is 28.6. The molecule has 1 fully saturated rings. The van der Waals surface area contributed by atoms with Gasteiger partial charge in [0.25, 0.3) is 0 Å². The number of aromatic nitrogens is 2. The molecule has 1 saturated carbocycles. The second-order valence-corrected chi connectivity index (χ2v) is 6.91. The van der Waals surface area contributed by atoms with Crippen LogP contribution in [0.25, 0.3) is 0 Å². The monoisotopic (exact) mass is 278 g/mol. The van der Waals surface area contributed by atoms with Gasteiger partial charge in [0.15, 0.2) is 0 Å². The zero-order valence-electron chi connectivity index (χ0n) is 13.7. The number of hydrogen-bond acceptors (Lipinski definition) is 2. The van der Waals surface area contributed by atoms with E-state index in [-0.39, 0.29) is 6.10 Å². The SMILES string of the molecule is Cc1nn(C)c(C)c1CCC(O)C1CCC(C)C(C)C1. The molecule has 3 nitrogen and oxygen atoms in total. The molecule has 1 aliphatic carbocycles. The van der Waals surface area contributed by atoms with Crippen LogP contribution in [0.2, 0.25) is 0 Å². The maximum absolute atomic E-state index is 10.5. The summed E-state index contributed by atoms with van der Waals surface area (Å²) in [5.41, 5.74) is 3.67. The fourth-order valence-electron chi connectivity index (χ4n) is 3.65. The van der Waals surface area contributed by atoms with E-state index in [1.54, 1.807) is 0 Å². The van der Waals surface area contributed by atoms with Gasteiger partial charge in [0, 0.05) is 12.7 Å². The number of nitrogens with zero attached hydrogens (tertiary/aromatic N) is 2. The lowest BCUT2D eigenvalue weighted by Crippen LogP contribution is -2.29. The van der Waals surface area contributed by atoms with E-state index >= 15 is 0 Å². The first-order valence-corrected chi connectivity index (χ1v) is 8.07. The molecule has 0 radical (unpaired) electrons. The topological polar surface area (TPSA) is 38.0 Å². The first-order valence-electron chi connectivity index (χ1n) is 8.07. The van der Waals surface area contributed by atoms with Gasteiger partial charge in [-0.1, -0.05) is 20.3 Å². The summed E-state index contributed by atoms with van der Waals surface area (Å²) in [6.07, 6.45) is 5.33. The fraction of sp³-hybridized carbons (Fsp3) is 0.824. The van der Waals surface area contributed by atoms with Gasteiger partial charge in [-0.2, -0.15) is 5.10 Å². The van der Waals surface area contributed by atoms with Crippen LogP contribution in [0.4, 0.5) is 0 Å². The summed E-state index contributed by atoms with van der Waals surface area (Å²) >= 11 is 0. The summed E-state index contributed by atoms with van der Waals surface area (Å²) in [6, 6.07) is 0. The van der Waals surface area contributed by atoms with Gasteiger partial charge in [-0.3, -0.25) is 4.68 Å². The molecule has 114 valence electrons. The van der Waals surface area contributed by atoms with E-state index in [2.05, 4.69) is 32.8 Å². The molecular weight excluding hydrogens is 248 g/mol. The van der Waals surface area contributed by atoms with Gasteiger partial charge in [-0.15, -0.1) is 0 Å². The van der Waals surface area contributed by atoms with E-state index in [9.17, 15) is 5.11 Å². The molecule has 0 bridgehead atoms. The molecule has 0 amide bonds. The molecule has 3 heteroatoms. The lowest BCUT2D eigenvalue weighted by Gasteiger charge is -2.34. The van der Waals surface area contributed by atoms with Crippen molar-refractivity contribution in [3.63, 3.8) is 0 Å². The van der Waals surface area contributed by atoms with E-state index < -0.39 is 0 Å². The van der Waals surface area contributed by atoms with E-state index in [1.807, 2.05) is 11.7 Å². The number of aliphatic hydroxyl groups excluding tert-OH is 1. The van der Waals surface area contributed by atoms with Crippen molar-refractivity contribution in [3.8, 4) is 0 Å². The lowest BCUT2D eigenvalue weighted by atomic mass is 9.73. The molecule has 1 aromatic heterocycles. The van der Waals surface area contributed by atoms with Gasteiger partial charge in [0.05, 0.1) is 11.8 Å². The summed E-state index contributed by atoms with van der Waals surface area (Å²) in [5.74, 6) is 2.07. The van der Waals surface area contributed by atoms with E-state index in [0.29, 0.717) is 5.92 Å². The summed E-state index contributed by atoms with van der Waals surface area (Å²) in [4.78, 5) is 0. The highest BCUT2D eigenvalue weighted by molar-refractivity contribution is 5.24. The molecule has 0 spiro atoms. The molecule has 20 heavy (non-hydrogen) atoms. The number of aryl methyl sites for hydroxylation is 2. The molecule has 0 saturated heterocycles. The number of hydrogen-bond donors (Lipinski definition) is 1. The number of aliphatic hydroxyl groups is 1. The van der Waals surface area contributed by atoms with E-state index in [4.69, 9.17) is 0 Å². The molecule has 4 atom stereocenters. The molecule has 2 rings (SSSR count). The second-order valence-electron chi connectivity index (χ2n) is 6.91. The van der Waals surface area contributed by atoms with Crippen molar-refractivity contribution in [3.05, 3.63) is 17.0 Å². The van der Waals surface area contributed by atoms with Crippen LogP contribution in [0, 0.1) is 31.6 Å². The van der Waals surface area contributed by atoms with Gasteiger partial charge >= 0.3 is 0 Å². The zero-order valence-corrected chi connectivity index (χ0v) is 13.7. The lowest BCUT2D eigenvalue weighted by molar-refractivity contribution is 0.0510. The van der Waals surface area contributed by atoms with Crippen molar-refractivity contribution in [1.82, 2.24) is 9.78 Å². The zero-order chi connectivity index (χ0) is 14.9. The largest absolute Gasteiger partial charge is 0.393 e. The van der Waals surface area contributed by atoms with Crippen LogP contribution in [-0.4, -0.2) is 21.0 Å². The third kappa shape index (κ3) is 3.25. The van der Waals surface area contributed by atoms with E-state index in [1.165, 1.54) is 30.5 Å². The molecular formula is C17H30N2O. The summed E-state index contributed by atoms with van der Waals surface area (Å²) in [5, 5.41) is 15.0. The van der Waals surface area contributed by atoms with Crippen molar-refractivity contribution >= 4 is 0 Å². The quantitative estimate of drug-likeness (QED) is 0.916. The Morgan fingerprint density at radius 1 is 1.25 bits per heavy atom. The highest BCUT2D eigenvalue weighted by Gasteiger charge is 2.29. The summed E-state index contributed by atoms with van der Waals surface area (Å²) < 4.78 is 1.95. The highest BCUT2D eigenvalue weighted by atomic mass is 16.3. The van der Waals surface area contributed by atoms with Crippen molar-refractivity contribution in [2.45, 2.75) is 65.9 Å². The molecule has 1 N–H and O–H groups in total. The maximum atomic E-state index is 10.5. The highest BCUT2D eigenvalue weighted by Crippen LogP contribution is 2.36. The van der Waals surface area contributed by atoms with Crippen LogP contribution < -0.4 is 0 Å². The van der Waals surface area contributed by atoms with Crippen LogP contribution >= 0.6 is 0 Å². The Balaban J connectivity index is 1.90. The van der Waals surface area contributed by atoms with Crippen molar-refractivity contribution in [2.75, 3.05) is 0 Å². The van der Waals surface area contributed by atoms with Crippen LogP contribution in [0.15, 0.2) is 0 Å². The van der Waals surface area contributed by atoms with Crippen molar-refractivity contribution in [2.24, 2.45) is 24.8 Å². The van der Waals surface area contributed by atoms with Gasteiger partial charge in [0.1, 0.15) is 0 Å². The van der Waals surface area contributed by atoms with Crippen molar-refractivity contribution < 1.29 is 5.11 Å². The summed E-state index contributed by atoms with van der Waals surface area (Å²) in [6.45, 7) is 8.86. The average Bonchev–Trinajstić information content (AvgIpc) is 2.64. The Hall–Kier alpha value is -0.830. The predicted molar refractivity (Wildman–Crippen MR) is 82.7 cm³/mol. The predicted octanol–water partition coefficient (Wildman–Crippen LogP) is 3.40. The first kappa shape index (κ1) is 15.6. The summed E-state index contributed by atoms with van der Waals surface area (Å²) in [7, 11) is 1.99.